The maximum absolute atomic E-state index is 12.0. The van der Waals surface area contributed by atoms with Crippen molar-refractivity contribution in [3.8, 4) is 0 Å². The maximum Gasteiger partial charge on any atom is 0.169 e. The van der Waals surface area contributed by atoms with Crippen LogP contribution in [0.25, 0.3) is 0 Å². The molecule has 0 N–H and O–H groups in total. The topological polar surface area (TPSA) is 42.9 Å². The monoisotopic (exact) mass is 202 g/mol. The number of hydrogen-bond donors (Lipinski definition) is 0. The zero-order valence-corrected chi connectivity index (χ0v) is 8.65. The average Bonchev–Trinajstić information content (AvgIpc) is 2.14. The second-order valence-corrected chi connectivity index (χ2v) is 4.95. The third kappa shape index (κ3) is 1.37. The summed E-state index contributed by atoms with van der Waals surface area (Å²) in [6.07, 6.45) is 10.9. The van der Waals surface area contributed by atoms with E-state index in [-0.39, 0.29) is 11.7 Å². The highest BCUT2D eigenvalue weighted by atomic mass is 16.1. The Morgan fingerprint density at radius 2 is 1.93 bits per heavy atom. The van der Waals surface area contributed by atoms with Crippen LogP contribution < -0.4 is 0 Å². The molecular formula is C12H14N2O. The summed E-state index contributed by atoms with van der Waals surface area (Å²) in [6.45, 7) is 0. The SMILES string of the molecule is O=C(c1cncnc1)C1CC2(CCC2)C1. The molecule has 1 heterocycles. The molecule has 3 heteroatoms. The van der Waals surface area contributed by atoms with E-state index in [1.165, 1.54) is 25.6 Å². The molecule has 1 aromatic rings. The first-order valence-corrected chi connectivity index (χ1v) is 5.58. The van der Waals surface area contributed by atoms with Gasteiger partial charge in [-0.05, 0) is 31.1 Å². The van der Waals surface area contributed by atoms with Gasteiger partial charge in [0.25, 0.3) is 0 Å². The van der Waals surface area contributed by atoms with E-state index in [1.807, 2.05) is 0 Å². The normalized spacial score (nSPS) is 23.2. The maximum atomic E-state index is 12.0. The van der Waals surface area contributed by atoms with E-state index in [2.05, 4.69) is 9.97 Å². The fourth-order valence-electron chi connectivity index (χ4n) is 2.92. The Balaban J connectivity index is 1.67. The predicted molar refractivity (Wildman–Crippen MR) is 55.4 cm³/mol. The van der Waals surface area contributed by atoms with Gasteiger partial charge in [0.15, 0.2) is 5.78 Å². The minimum atomic E-state index is 0.244. The van der Waals surface area contributed by atoms with Crippen molar-refractivity contribution >= 4 is 5.78 Å². The van der Waals surface area contributed by atoms with Crippen molar-refractivity contribution in [3.05, 3.63) is 24.3 Å². The zero-order valence-electron chi connectivity index (χ0n) is 8.65. The summed E-state index contributed by atoms with van der Waals surface area (Å²) in [7, 11) is 0. The number of hydrogen-bond acceptors (Lipinski definition) is 3. The smallest absolute Gasteiger partial charge is 0.169 e. The summed E-state index contributed by atoms with van der Waals surface area (Å²) in [5.41, 5.74) is 1.24. The Kier molecular flexibility index (Phi) is 1.87. The summed E-state index contributed by atoms with van der Waals surface area (Å²) in [4.78, 5) is 19.7. The molecule has 2 fully saturated rings. The highest BCUT2D eigenvalue weighted by Gasteiger charge is 2.50. The van der Waals surface area contributed by atoms with E-state index >= 15 is 0 Å². The Morgan fingerprint density at radius 3 is 2.47 bits per heavy atom. The summed E-state index contributed by atoms with van der Waals surface area (Å²) < 4.78 is 0. The van der Waals surface area contributed by atoms with Gasteiger partial charge in [0.05, 0.1) is 5.56 Å². The van der Waals surface area contributed by atoms with Gasteiger partial charge >= 0.3 is 0 Å². The van der Waals surface area contributed by atoms with Crippen molar-refractivity contribution in [1.29, 1.82) is 0 Å². The van der Waals surface area contributed by atoms with Gasteiger partial charge in [0.1, 0.15) is 6.33 Å². The van der Waals surface area contributed by atoms with Gasteiger partial charge in [-0.2, -0.15) is 0 Å². The van der Waals surface area contributed by atoms with Crippen molar-refractivity contribution in [2.75, 3.05) is 0 Å². The molecular weight excluding hydrogens is 188 g/mol. The second-order valence-electron chi connectivity index (χ2n) is 4.95. The Hall–Kier alpha value is -1.25. The molecule has 3 rings (SSSR count). The van der Waals surface area contributed by atoms with E-state index in [0.29, 0.717) is 11.0 Å². The average molecular weight is 202 g/mol. The molecule has 1 spiro atoms. The highest BCUT2D eigenvalue weighted by molar-refractivity contribution is 5.97. The molecule has 0 saturated heterocycles. The van der Waals surface area contributed by atoms with Crippen molar-refractivity contribution in [2.45, 2.75) is 32.1 Å². The van der Waals surface area contributed by atoms with E-state index < -0.39 is 0 Å². The molecule has 2 aliphatic rings. The van der Waals surface area contributed by atoms with Crippen LogP contribution in [-0.4, -0.2) is 15.8 Å². The molecule has 0 atom stereocenters. The molecule has 78 valence electrons. The van der Waals surface area contributed by atoms with Gasteiger partial charge in [0.2, 0.25) is 0 Å². The number of nitrogens with zero attached hydrogens (tertiary/aromatic N) is 2. The molecule has 0 bridgehead atoms. The van der Waals surface area contributed by atoms with Gasteiger partial charge in [0, 0.05) is 18.3 Å². The van der Waals surface area contributed by atoms with Crippen LogP contribution in [0.1, 0.15) is 42.5 Å². The largest absolute Gasteiger partial charge is 0.294 e. The number of ketones is 1. The van der Waals surface area contributed by atoms with Crippen molar-refractivity contribution < 1.29 is 4.79 Å². The van der Waals surface area contributed by atoms with Gasteiger partial charge in [-0.15, -0.1) is 0 Å². The first-order chi connectivity index (χ1) is 7.29. The van der Waals surface area contributed by atoms with Crippen LogP contribution in [0.2, 0.25) is 0 Å². The van der Waals surface area contributed by atoms with Crippen LogP contribution in [0.5, 0.6) is 0 Å². The lowest BCUT2D eigenvalue weighted by atomic mass is 9.51. The molecule has 1 aromatic heterocycles. The van der Waals surface area contributed by atoms with Gasteiger partial charge in [-0.3, -0.25) is 4.79 Å². The van der Waals surface area contributed by atoms with Gasteiger partial charge in [-0.25, -0.2) is 9.97 Å². The van der Waals surface area contributed by atoms with Gasteiger partial charge < -0.3 is 0 Å². The molecule has 2 saturated carbocycles. The predicted octanol–water partition coefficient (Wildman–Crippen LogP) is 2.24. The van der Waals surface area contributed by atoms with Crippen LogP contribution in [0.4, 0.5) is 0 Å². The summed E-state index contributed by atoms with van der Waals surface area (Å²) in [6, 6.07) is 0. The van der Waals surface area contributed by atoms with E-state index in [4.69, 9.17) is 0 Å². The Morgan fingerprint density at radius 1 is 1.27 bits per heavy atom. The summed E-state index contributed by atoms with van der Waals surface area (Å²) >= 11 is 0. The number of carbonyl (C=O) groups is 1. The lowest BCUT2D eigenvalue weighted by Crippen LogP contribution is -2.45. The van der Waals surface area contributed by atoms with E-state index in [9.17, 15) is 4.79 Å². The fourth-order valence-corrected chi connectivity index (χ4v) is 2.92. The van der Waals surface area contributed by atoms with Gasteiger partial charge in [-0.1, -0.05) is 6.42 Å². The molecule has 0 aliphatic heterocycles. The standard InChI is InChI=1S/C12H14N2O/c15-11(10-6-13-8-14-7-10)9-4-12(5-9)2-1-3-12/h6-9H,1-5H2. The highest BCUT2D eigenvalue weighted by Crippen LogP contribution is 2.59. The number of rotatable bonds is 2. The van der Waals surface area contributed by atoms with Crippen molar-refractivity contribution in [1.82, 2.24) is 9.97 Å². The van der Waals surface area contributed by atoms with E-state index in [0.717, 1.165) is 12.8 Å². The molecule has 2 aliphatic carbocycles. The first-order valence-electron chi connectivity index (χ1n) is 5.58. The van der Waals surface area contributed by atoms with Crippen LogP contribution in [0.15, 0.2) is 18.7 Å². The fraction of sp³-hybridized carbons (Fsp3) is 0.583. The lowest BCUT2D eigenvalue weighted by molar-refractivity contribution is -0.0150. The summed E-state index contributed by atoms with van der Waals surface area (Å²) in [5, 5.41) is 0. The quantitative estimate of drug-likeness (QED) is 0.691. The van der Waals surface area contributed by atoms with Crippen molar-refractivity contribution in [2.24, 2.45) is 11.3 Å². The van der Waals surface area contributed by atoms with Crippen LogP contribution in [0.3, 0.4) is 0 Å². The second kappa shape index (κ2) is 3.12. The number of Topliss-reactive ketones (excluding diaryl/α,β-unsaturated/α-hetero) is 1. The molecule has 15 heavy (non-hydrogen) atoms. The van der Waals surface area contributed by atoms with Crippen LogP contribution in [-0.2, 0) is 0 Å². The van der Waals surface area contributed by atoms with E-state index in [1.54, 1.807) is 12.4 Å². The summed E-state index contributed by atoms with van der Waals surface area (Å²) in [5.74, 6) is 0.490. The Labute approximate surface area is 88.9 Å². The van der Waals surface area contributed by atoms with Crippen LogP contribution in [0, 0.1) is 11.3 Å². The molecule has 0 radical (unpaired) electrons. The third-order valence-corrected chi connectivity index (χ3v) is 3.99. The number of aromatic nitrogens is 2. The number of carbonyl (C=O) groups excluding carboxylic acids is 1. The minimum Gasteiger partial charge on any atom is -0.294 e. The van der Waals surface area contributed by atoms with Crippen LogP contribution >= 0.6 is 0 Å². The molecule has 0 unspecified atom stereocenters. The molecule has 0 aromatic carbocycles. The van der Waals surface area contributed by atoms with Crippen molar-refractivity contribution in [3.63, 3.8) is 0 Å². The molecule has 3 nitrogen and oxygen atoms in total. The third-order valence-electron chi connectivity index (χ3n) is 3.99. The minimum absolute atomic E-state index is 0.244. The lowest BCUT2D eigenvalue weighted by Gasteiger charge is -2.53. The zero-order chi connectivity index (χ0) is 10.3. The molecule has 0 amide bonds. The first kappa shape index (κ1) is 9.01. The Bertz CT molecular complexity index is 376.